The summed E-state index contributed by atoms with van der Waals surface area (Å²) in [6.07, 6.45) is 0.965. The Hall–Kier alpha value is -1.56. The van der Waals surface area contributed by atoms with Crippen molar-refractivity contribution < 1.29 is 4.74 Å². The fourth-order valence-corrected chi connectivity index (χ4v) is 1.37. The Morgan fingerprint density at radius 2 is 2.06 bits per heavy atom. The summed E-state index contributed by atoms with van der Waals surface area (Å²) in [7, 11) is 1.70. The second-order valence-electron chi connectivity index (χ2n) is 4.80. The molecule has 0 unspecified atom stereocenters. The van der Waals surface area contributed by atoms with Crippen LogP contribution >= 0.6 is 0 Å². The molecule has 1 heterocycles. The second kappa shape index (κ2) is 5.67. The van der Waals surface area contributed by atoms with Crippen LogP contribution in [0.1, 0.15) is 20.3 Å². The van der Waals surface area contributed by atoms with Gasteiger partial charge in [0, 0.05) is 26.3 Å². The van der Waals surface area contributed by atoms with Crippen LogP contribution in [-0.2, 0) is 4.74 Å². The molecule has 17 heavy (non-hydrogen) atoms. The molecule has 1 rings (SSSR count). The highest BCUT2D eigenvalue weighted by atomic mass is 16.5. The Balaban J connectivity index is 2.54. The normalized spacial score (nSPS) is 11.5. The lowest BCUT2D eigenvalue weighted by Gasteiger charge is -2.24. The van der Waals surface area contributed by atoms with Crippen molar-refractivity contribution in [3.8, 4) is 0 Å². The van der Waals surface area contributed by atoms with E-state index in [1.54, 1.807) is 13.2 Å². The molecule has 0 spiro atoms. The molecule has 0 saturated heterocycles. The van der Waals surface area contributed by atoms with Crippen molar-refractivity contribution in [2.75, 3.05) is 37.0 Å². The zero-order chi connectivity index (χ0) is 12.9. The Morgan fingerprint density at radius 3 is 2.65 bits per heavy atom. The summed E-state index contributed by atoms with van der Waals surface area (Å²) in [5, 5.41) is 3.21. The van der Waals surface area contributed by atoms with Gasteiger partial charge in [0.15, 0.2) is 0 Å². The number of aromatic nitrogens is 2. The zero-order valence-corrected chi connectivity index (χ0v) is 10.7. The first-order valence-electron chi connectivity index (χ1n) is 5.56. The fourth-order valence-electron chi connectivity index (χ4n) is 1.37. The number of ether oxygens (including phenoxy) is 1. The molecule has 0 saturated carbocycles. The molecule has 6 heteroatoms. The number of methoxy groups -OCH3 is 1. The third-order valence-electron chi connectivity index (χ3n) is 2.49. The summed E-state index contributed by atoms with van der Waals surface area (Å²) < 4.78 is 5.07. The van der Waals surface area contributed by atoms with Crippen LogP contribution in [0.3, 0.4) is 0 Å². The summed E-state index contributed by atoms with van der Waals surface area (Å²) in [6, 6.07) is 1.67. The average molecular weight is 239 g/mol. The maximum atomic E-state index is 5.59. The largest absolute Gasteiger partial charge is 0.385 e. The van der Waals surface area contributed by atoms with E-state index in [1.165, 1.54) is 0 Å². The number of nitrogens with two attached hydrogens (primary N) is 2. The van der Waals surface area contributed by atoms with E-state index in [-0.39, 0.29) is 11.4 Å². The van der Waals surface area contributed by atoms with Crippen LogP contribution in [0.5, 0.6) is 0 Å². The van der Waals surface area contributed by atoms with Gasteiger partial charge < -0.3 is 21.5 Å². The van der Waals surface area contributed by atoms with E-state index in [0.29, 0.717) is 11.6 Å². The number of nitrogens with zero attached hydrogens (tertiary/aromatic N) is 2. The van der Waals surface area contributed by atoms with E-state index in [4.69, 9.17) is 16.2 Å². The van der Waals surface area contributed by atoms with Crippen molar-refractivity contribution in [3.05, 3.63) is 6.07 Å². The summed E-state index contributed by atoms with van der Waals surface area (Å²) in [4.78, 5) is 7.87. The minimum absolute atomic E-state index is 0.116. The maximum absolute atomic E-state index is 5.59. The van der Waals surface area contributed by atoms with E-state index in [2.05, 4.69) is 29.1 Å². The van der Waals surface area contributed by atoms with Gasteiger partial charge in [-0.25, -0.2) is 0 Å². The van der Waals surface area contributed by atoms with Crippen LogP contribution in [0.25, 0.3) is 0 Å². The number of nitrogens with one attached hydrogen (secondary N) is 1. The quantitative estimate of drug-likeness (QED) is 0.688. The topological polar surface area (TPSA) is 99.1 Å². The van der Waals surface area contributed by atoms with Crippen LogP contribution in [0.15, 0.2) is 6.07 Å². The van der Waals surface area contributed by atoms with E-state index in [1.807, 2.05) is 0 Å². The van der Waals surface area contributed by atoms with Gasteiger partial charge in [-0.15, -0.1) is 0 Å². The molecule has 0 amide bonds. The van der Waals surface area contributed by atoms with Crippen molar-refractivity contribution >= 4 is 17.6 Å². The highest BCUT2D eigenvalue weighted by molar-refractivity contribution is 5.48. The molecule has 1 aromatic heterocycles. The smallest absolute Gasteiger partial charge is 0.223 e. The predicted octanol–water partition coefficient (Wildman–Crippen LogP) is 1.12. The molecular formula is C11H21N5O. The predicted molar refractivity (Wildman–Crippen MR) is 69.6 cm³/mol. The van der Waals surface area contributed by atoms with E-state index >= 15 is 0 Å². The Morgan fingerprint density at radius 1 is 1.35 bits per heavy atom. The Kier molecular flexibility index (Phi) is 4.51. The fraction of sp³-hybridized carbons (Fsp3) is 0.636. The molecule has 0 aromatic carbocycles. The van der Waals surface area contributed by atoms with Crippen LogP contribution in [0.2, 0.25) is 0 Å². The molecule has 5 N–H and O–H groups in total. The summed E-state index contributed by atoms with van der Waals surface area (Å²) in [6.45, 7) is 5.83. The lowest BCUT2D eigenvalue weighted by Crippen LogP contribution is -2.25. The summed E-state index contributed by atoms with van der Waals surface area (Å²) in [5.41, 5.74) is 11.2. The molecule has 1 aromatic rings. The number of hydrogen-bond acceptors (Lipinski definition) is 6. The first kappa shape index (κ1) is 13.5. The maximum Gasteiger partial charge on any atom is 0.223 e. The third kappa shape index (κ3) is 4.86. The van der Waals surface area contributed by atoms with Crippen LogP contribution in [0, 0.1) is 5.41 Å². The van der Waals surface area contributed by atoms with Crippen molar-refractivity contribution in [1.29, 1.82) is 0 Å². The van der Waals surface area contributed by atoms with Gasteiger partial charge in [-0.1, -0.05) is 13.8 Å². The number of nitrogen functional groups attached to an aromatic ring is 2. The van der Waals surface area contributed by atoms with Gasteiger partial charge in [-0.2, -0.15) is 9.97 Å². The lowest BCUT2D eigenvalue weighted by atomic mass is 9.90. The van der Waals surface area contributed by atoms with Crippen molar-refractivity contribution in [3.63, 3.8) is 0 Å². The van der Waals surface area contributed by atoms with E-state index in [0.717, 1.165) is 19.6 Å². The Bertz CT molecular complexity index is 347. The Labute approximate surface area is 102 Å². The molecule has 0 aliphatic carbocycles. The SMILES string of the molecule is COCCC(C)(C)CNc1cc(N)nc(N)n1. The van der Waals surface area contributed by atoms with Gasteiger partial charge in [0.1, 0.15) is 11.6 Å². The standard InChI is InChI=1S/C11H21N5O/c1-11(2,4-5-17-3)7-14-9-6-8(12)15-10(13)16-9/h6H,4-5,7H2,1-3H3,(H5,12,13,14,15,16). The number of anilines is 3. The molecule has 0 atom stereocenters. The average Bonchev–Trinajstić information content (AvgIpc) is 2.23. The minimum atomic E-state index is 0.116. The highest BCUT2D eigenvalue weighted by Crippen LogP contribution is 2.21. The highest BCUT2D eigenvalue weighted by Gasteiger charge is 2.17. The van der Waals surface area contributed by atoms with Crippen LogP contribution in [0.4, 0.5) is 17.6 Å². The van der Waals surface area contributed by atoms with Gasteiger partial charge in [0.2, 0.25) is 5.95 Å². The van der Waals surface area contributed by atoms with E-state index in [9.17, 15) is 0 Å². The van der Waals surface area contributed by atoms with Gasteiger partial charge in [0.05, 0.1) is 0 Å². The minimum Gasteiger partial charge on any atom is -0.385 e. The lowest BCUT2D eigenvalue weighted by molar-refractivity contribution is 0.157. The molecular weight excluding hydrogens is 218 g/mol. The zero-order valence-electron chi connectivity index (χ0n) is 10.7. The van der Waals surface area contributed by atoms with Gasteiger partial charge in [-0.05, 0) is 11.8 Å². The number of hydrogen-bond donors (Lipinski definition) is 3. The van der Waals surface area contributed by atoms with Crippen molar-refractivity contribution in [2.45, 2.75) is 20.3 Å². The summed E-state index contributed by atoms with van der Waals surface area (Å²) >= 11 is 0. The van der Waals surface area contributed by atoms with Crippen molar-refractivity contribution in [1.82, 2.24) is 9.97 Å². The van der Waals surface area contributed by atoms with Crippen molar-refractivity contribution in [2.24, 2.45) is 5.41 Å². The number of rotatable bonds is 6. The van der Waals surface area contributed by atoms with Gasteiger partial charge >= 0.3 is 0 Å². The second-order valence-corrected chi connectivity index (χ2v) is 4.80. The first-order valence-corrected chi connectivity index (χ1v) is 5.56. The summed E-state index contributed by atoms with van der Waals surface area (Å²) in [5.74, 6) is 1.21. The molecule has 6 nitrogen and oxygen atoms in total. The van der Waals surface area contributed by atoms with Crippen LogP contribution < -0.4 is 16.8 Å². The van der Waals surface area contributed by atoms with Gasteiger partial charge in [0.25, 0.3) is 0 Å². The molecule has 0 radical (unpaired) electrons. The van der Waals surface area contributed by atoms with Crippen LogP contribution in [-0.4, -0.2) is 30.2 Å². The molecule has 0 aliphatic heterocycles. The van der Waals surface area contributed by atoms with Gasteiger partial charge in [-0.3, -0.25) is 0 Å². The molecule has 0 bridgehead atoms. The third-order valence-corrected chi connectivity index (χ3v) is 2.49. The van der Waals surface area contributed by atoms with E-state index < -0.39 is 0 Å². The monoisotopic (exact) mass is 239 g/mol. The first-order chi connectivity index (χ1) is 7.93. The molecule has 0 fully saturated rings. The molecule has 96 valence electrons. The molecule has 0 aliphatic rings.